The minimum absolute atomic E-state index is 0.0161. The Kier molecular flexibility index (Phi) is 3.87. The topological polar surface area (TPSA) is 65.5 Å². The number of aromatic nitrogens is 1. The largest absolute Gasteiger partial charge is 0.393 e. The van der Waals surface area contributed by atoms with Crippen molar-refractivity contribution in [2.45, 2.75) is 37.8 Å². The molecule has 2 aliphatic rings. The molecule has 0 radical (unpaired) electrons. The standard InChI is InChI=1S/C15H21N3O2/c19-13-5-8-18(9-6-13)15(20)17-14(11-3-4-11)12-2-1-7-16-10-12/h1-2,7,10-11,13-14,19H,3-6,8-9H2,(H,17,20). The van der Waals surface area contributed by atoms with Gasteiger partial charge in [0.2, 0.25) is 0 Å². The van der Waals surface area contributed by atoms with E-state index in [4.69, 9.17) is 0 Å². The maximum Gasteiger partial charge on any atom is 0.317 e. The van der Waals surface area contributed by atoms with Crippen molar-refractivity contribution < 1.29 is 9.90 Å². The number of nitrogens with one attached hydrogen (secondary N) is 1. The second-order valence-electron chi connectivity index (χ2n) is 5.77. The van der Waals surface area contributed by atoms with Gasteiger partial charge in [0.1, 0.15) is 0 Å². The minimum atomic E-state index is -0.253. The molecule has 1 saturated carbocycles. The van der Waals surface area contributed by atoms with Gasteiger partial charge >= 0.3 is 6.03 Å². The summed E-state index contributed by atoms with van der Waals surface area (Å²) in [6, 6.07) is 3.99. The Hall–Kier alpha value is -1.62. The first-order chi connectivity index (χ1) is 9.74. The number of pyridine rings is 1. The predicted octanol–water partition coefficient (Wildman–Crippen LogP) is 1.70. The number of piperidine rings is 1. The third kappa shape index (κ3) is 3.10. The van der Waals surface area contributed by atoms with Gasteiger partial charge in [-0.25, -0.2) is 4.79 Å². The molecule has 2 fully saturated rings. The molecular formula is C15H21N3O2. The molecule has 1 aromatic heterocycles. The van der Waals surface area contributed by atoms with Gasteiger partial charge < -0.3 is 15.3 Å². The van der Waals surface area contributed by atoms with Crippen molar-refractivity contribution in [1.29, 1.82) is 0 Å². The van der Waals surface area contributed by atoms with Crippen LogP contribution in [-0.4, -0.2) is 40.2 Å². The minimum Gasteiger partial charge on any atom is -0.393 e. The molecular weight excluding hydrogens is 254 g/mol. The Morgan fingerprint density at radius 3 is 2.70 bits per heavy atom. The Bertz CT molecular complexity index is 453. The van der Waals surface area contributed by atoms with Gasteiger partial charge in [0.05, 0.1) is 12.1 Å². The van der Waals surface area contributed by atoms with Crippen molar-refractivity contribution in [3.05, 3.63) is 30.1 Å². The normalized spacial score (nSPS) is 21.6. The summed E-state index contributed by atoms with van der Waals surface area (Å²) in [5.74, 6) is 0.540. The Morgan fingerprint density at radius 2 is 2.10 bits per heavy atom. The van der Waals surface area contributed by atoms with Gasteiger partial charge in [-0.15, -0.1) is 0 Å². The third-order valence-electron chi connectivity index (χ3n) is 4.17. The number of carbonyl (C=O) groups excluding carboxylic acids is 1. The second kappa shape index (κ2) is 5.79. The molecule has 1 atom stereocenters. The van der Waals surface area contributed by atoms with Gasteiger partial charge in [0.15, 0.2) is 0 Å². The fourth-order valence-corrected chi connectivity index (χ4v) is 2.76. The number of nitrogens with zero attached hydrogens (tertiary/aromatic N) is 2. The first kappa shape index (κ1) is 13.4. The molecule has 20 heavy (non-hydrogen) atoms. The summed E-state index contributed by atoms with van der Waals surface area (Å²) in [6.07, 6.45) is 7.02. The van der Waals surface area contributed by atoms with E-state index in [1.165, 1.54) is 12.8 Å². The zero-order valence-corrected chi connectivity index (χ0v) is 11.5. The van der Waals surface area contributed by atoms with Crippen LogP contribution >= 0.6 is 0 Å². The predicted molar refractivity (Wildman–Crippen MR) is 75.0 cm³/mol. The van der Waals surface area contributed by atoms with E-state index in [2.05, 4.69) is 10.3 Å². The number of aliphatic hydroxyl groups is 1. The van der Waals surface area contributed by atoms with Gasteiger partial charge in [-0.05, 0) is 43.2 Å². The lowest BCUT2D eigenvalue weighted by Gasteiger charge is -2.31. The lowest BCUT2D eigenvalue weighted by Crippen LogP contribution is -2.46. The quantitative estimate of drug-likeness (QED) is 0.882. The first-order valence-electron chi connectivity index (χ1n) is 7.37. The Balaban J connectivity index is 1.63. The van der Waals surface area contributed by atoms with Crippen LogP contribution in [-0.2, 0) is 0 Å². The molecule has 2 amide bonds. The van der Waals surface area contributed by atoms with Crippen LogP contribution in [0.25, 0.3) is 0 Å². The van der Waals surface area contributed by atoms with Gasteiger partial charge in [0.25, 0.3) is 0 Å². The number of hydrogen-bond donors (Lipinski definition) is 2. The molecule has 1 saturated heterocycles. The van der Waals surface area contributed by atoms with Crippen LogP contribution < -0.4 is 5.32 Å². The summed E-state index contributed by atoms with van der Waals surface area (Å²) in [7, 11) is 0. The molecule has 1 aromatic rings. The van der Waals surface area contributed by atoms with Crippen molar-refractivity contribution >= 4 is 6.03 Å². The molecule has 5 nitrogen and oxygen atoms in total. The van der Waals surface area contributed by atoms with Gasteiger partial charge in [0, 0.05) is 25.5 Å². The molecule has 1 aliphatic heterocycles. The third-order valence-corrected chi connectivity index (χ3v) is 4.17. The number of carbonyl (C=O) groups is 1. The smallest absolute Gasteiger partial charge is 0.317 e. The fourth-order valence-electron chi connectivity index (χ4n) is 2.76. The fraction of sp³-hybridized carbons (Fsp3) is 0.600. The van der Waals surface area contributed by atoms with Crippen molar-refractivity contribution in [3.63, 3.8) is 0 Å². The lowest BCUT2D eigenvalue weighted by atomic mass is 10.0. The molecule has 108 valence electrons. The molecule has 3 rings (SSSR count). The highest BCUT2D eigenvalue weighted by atomic mass is 16.3. The summed E-state index contributed by atoms with van der Waals surface area (Å²) in [4.78, 5) is 18.3. The zero-order valence-electron chi connectivity index (χ0n) is 11.5. The summed E-state index contributed by atoms with van der Waals surface area (Å²) in [5, 5.41) is 12.6. The van der Waals surface area contributed by atoms with Crippen molar-refractivity contribution in [2.24, 2.45) is 5.92 Å². The van der Waals surface area contributed by atoms with Crippen LogP contribution in [0.3, 0.4) is 0 Å². The summed E-state index contributed by atoms with van der Waals surface area (Å²) in [5.41, 5.74) is 1.08. The van der Waals surface area contributed by atoms with Crippen LogP contribution in [0, 0.1) is 5.92 Å². The number of urea groups is 1. The number of aliphatic hydroxyl groups excluding tert-OH is 1. The summed E-state index contributed by atoms with van der Waals surface area (Å²) < 4.78 is 0. The van der Waals surface area contributed by atoms with Crippen LogP contribution in [0.4, 0.5) is 4.79 Å². The second-order valence-corrected chi connectivity index (χ2v) is 5.77. The van der Waals surface area contributed by atoms with E-state index in [9.17, 15) is 9.90 Å². The van der Waals surface area contributed by atoms with E-state index in [1.54, 1.807) is 11.1 Å². The van der Waals surface area contributed by atoms with E-state index in [-0.39, 0.29) is 18.2 Å². The van der Waals surface area contributed by atoms with Gasteiger partial charge in [-0.3, -0.25) is 4.98 Å². The number of likely N-dealkylation sites (tertiary alicyclic amines) is 1. The highest BCUT2D eigenvalue weighted by molar-refractivity contribution is 5.75. The van der Waals surface area contributed by atoms with Crippen molar-refractivity contribution in [3.8, 4) is 0 Å². The SMILES string of the molecule is O=C(NC(c1cccnc1)C1CC1)N1CCC(O)CC1. The molecule has 2 N–H and O–H groups in total. The maximum absolute atomic E-state index is 12.3. The van der Waals surface area contributed by atoms with Crippen LogP contribution in [0.2, 0.25) is 0 Å². The molecule has 5 heteroatoms. The van der Waals surface area contributed by atoms with E-state index < -0.39 is 0 Å². The van der Waals surface area contributed by atoms with Gasteiger partial charge in [-0.2, -0.15) is 0 Å². The summed E-state index contributed by atoms with van der Waals surface area (Å²) in [6.45, 7) is 1.27. The molecule has 0 bridgehead atoms. The Morgan fingerprint density at radius 1 is 1.35 bits per heavy atom. The van der Waals surface area contributed by atoms with Crippen LogP contribution in [0.5, 0.6) is 0 Å². The molecule has 1 unspecified atom stereocenters. The average Bonchev–Trinajstić information content (AvgIpc) is 3.31. The molecule has 0 aromatic carbocycles. The first-order valence-corrected chi connectivity index (χ1v) is 7.37. The molecule has 1 aliphatic carbocycles. The number of amides is 2. The zero-order chi connectivity index (χ0) is 13.9. The van der Waals surface area contributed by atoms with E-state index in [0.717, 1.165) is 5.56 Å². The van der Waals surface area contributed by atoms with Gasteiger partial charge in [-0.1, -0.05) is 6.07 Å². The highest BCUT2D eigenvalue weighted by Gasteiger charge is 2.34. The lowest BCUT2D eigenvalue weighted by molar-refractivity contribution is 0.0925. The summed E-state index contributed by atoms with van der Waals surface area (Å²) >= 11 is 0. The molecule has 0 spiro atoms. The monoisotopic (exact) mass is 275 g/mol. The van der Waals surface area contributed by atoms with E-state index >= 15 is 0 Å². The highest BCUT2D eigenvalue weighted by Crippen LogP contribution is 2.40. The maximum atomic E-state index is 12.3. The number of hydrogen-bond acceptors (Lipinski definition) is 3. The van der Waals surface area contributed by atoms with Crippen molar-refractivity contribution in [2.75, 3.05) is 13.1 Å². The van der Waals surface area contributed by atoms with E-state index in [1.807, 2.05) is 18.3 Å². The van der Waals surface area contributed by atoms with Crippen molar-refractivity contribution in [1.82, 2.24) is 15.2 Å². The Labute approximate surface area is 119 Å². The molecule has 2 heterocycles. The van der Waals surface area contributed by atoms with E-state index in [0.29, 0.717) is 31.8 Å². The van der Waals surface area contributed by atoms with Crippen LogP contribution in [0.15, 0.2) is 24.5 Å². The average molecular weight is 275 g/mol. The van der Waals surface area contributed by atoms with Crippen LogP contribution in [0.1, 0.15) is 37.3 Å². The number of rotatable bonds is 3.